The van der Waals surface area contributed by atoms with Crippen molar-refractivity contribution in [1.82, 2.24) is 4.37 Å². The van der Waals surface area contributed by atoms with Crippen LogP contribution in [-0.4, -0.2) is 17.5 Å². The largest absolute Gasteiger partial charge is 0.371 e. The van der Waals surface area contributed by atoms with E-state index in [1.165, 1.54) is 68.6 Å². The van der Waals surface area contributed by atoms with Gasteiger partial charge < -0.3 is 4.90 Å². The van der Waals surface area contributed by atoms with Crippen LogP contribution in [0.3, 0.4) is 0 Å². The van der Waals surface area contributed by atoms with Crippen LogP contribution in [0.15, 0.2) is 28.4 Å². The Morgan fingerprint density at radius 2 is 1.60 bits per heavy atom. The highest BCUT2D eigenvalue weighted by Crippen LogP contribution is 2.32. The van der Waals surface area contributed by atoms with Crippen molar-refractivity contribution in [2.24, 2.45) is 22.1 Å². The lowest BCUT2D eigenvalue weighted by Crippen LogP contribution is -2.34. The smallest absolute Gasteiger partial charge is 0.176 e. The molecule has 0 bridgehead atoms. The van der Waals surface area contributed by atoms with Crippen LogP contribution in [0, 0.1) is 30.1 Å². The first-order valence-corrected chi connectivity index (χ1v) is 14.4. The highest BCUT2D eigenvalue weighted by atomic mass is 32.1. The van der Waals surface area contributed by atoms with Crippen LogP contribution in [0.4, 0.5) is 16.4 Å². The molecule has 0 aliphatic carbocycles. The Morgan fingerprint density at radius 1 is 0.971 bits per heavy atom. The first-order chi connectivity index (χ1) is 17.0. The Morgan fingerprint density at radius 3 is 2.09 bits per heavy atom. The lowest BCUT2D eigenvalue weighted by Gasteiger charge is -2.33. The Bertz CT molecular complexity index is 940. The molecule has 2 atom stereocenters. The Balaban J connectivity index is 2.28. The van der Waals surface area contributed by atoms with Gasteiger partial charge in [-0.05, 0) is 73.3 Å². The van der Waals surface area contributed by atoms with Gasteiger partial charge in [-0.1, -0.05) is 73.1 Å². The molecule has 192 valence electrons. The van der Waals surface area contributed by atoms with E-state index in [0.29, 0.717) is 10.6 Å². The van der Waals surface area contributed by atoms with E-state index >= 15 is 0 Å². The predicted octanol–water partition coefficient (Wildman–Crippen LogP) is 9.54. The van der Waals surface area contributed by atoms with Gasteiger partial charge in [-0.25, -0.2) is 0 Å². The fraction of sp³-hybridized carbons (Fsp3) is 0.655. The number of nitrogens with zero attached hydrogens (tertiary/aromatic N) is 5. The third-order valence-corrected chi connectivity index (χ3v) is 7.80. The van der Waals surface area contributed by atoms with Crippen LogP contribution in [0.25, 0.3) is 0 Å². The highest BCUT2D eigenvalue weighted by Gasteiger charge is 2.18. The summed E-state index contributed by atoms with van der Waals surface area (Å²) in [7, 11) is 0. The highest BCUT2D eigenvalue weighted by molar-refractivity contribution is 7.10. The molecule has 1 aromatic heterocycles. The van der Waals surface area contributed by atoms with Gasteiger partial charge in [0, 0.05) is 18.8 Å². The summed E-state index contributed by atoms with van der Waals surface area (Å²) < 4.78 is 4.35. The van der Waals surface area contributed by atoms with Crippen LogP contribution in [0.1, 0.15) is 103 Å². The Kier molecular flexibility index (Phi) is 13.0. The van der Waals surface area contributed by atoms with Crippen molar-refractivity contribution in [3.63, 3.8) is 0 Å². The summed E-state index contributed by atoms with van der Waals surface area (Å²) in [6, 6.07) is 8.78. The molecule has 6 heteroatoms. The first kappa shape index (κ1) is 29.0. The van der Waals surface area contributed by atoms with E-state index < -0.39 is 0 Å². The van der Waals surface area contributed by atoms with Gasteiger partial charge in [-0.15, -0.1) is 10.2 Å². The zero-order valence-corrected chi connectivity index (χ0v) is 23.6. The second-order valence-corrected chi connectivity index (χ2v) is 10.4. The van der Waals surface area contributed by atoms with Gasteiger partial charge in [0.15, 0.2) is 5.00 Å². The lowest BCUT2D eigenvalue weighted by molar-refractivity contribution is 0.403. The van der Waals surface area contributed by atoms with E-state index in [2.05, 4.69) is 78.4 Å². The summed E-state index contributed by atoms with van der Waals surface area (Å²) in [4.78, 5) is 2.63. The second-order valence-electron chi connectivity index (χ2n) is 9.68. The van der Waals surface area contributed by atoms with Gasteiger partial charge in [0.2, 0.25) is 0 Å². The van der Waals surface area contributed by atoms with E-state index in [0.717, 1.165) is 48.3 Å². The summed E-state index contributed by atoms with van der Waals surface area (Å²) in [6.07, 6.45) is 10.9. The minimum Gasteiger partial charge on any atom is -0.371 e. The van der Waals surface area contributed by atoms with Gasteiger partial charge in [0.25, 0.3) is 0 Å². The molecule has 2 aromatic rings. The van der Waals surface area contributed by atoms with Crippen LogP contribution in [-0.2, 0) is 6.42 Å². The second kappa shape index (κ2) is 15.7. The molecule has 1 heterocycles. The van der Waals surface area contributed by atoms with Gasteiger partial charge in [0.1, 0.15) is 11.6 Å². The molecule has 0 saturated carbocycles. The molecule has 0 saturated heterocycles. The summed E-state index contributed by atoms with van der Waals surface area (Å²) in [6.45, 7) is 15.6. The number of hydrogen-bond acceptors (Lipinski definition) is 6. The van der Waals surface area contributed by atoms with Crippen molar-refractivity contribution < 1.29 is 0 Å². The number of rotatable bonds is 16. The molecule has 1 aromatic carbocycles. The SMILES string of the molecule is CCCCC(CC)CN(CC(CC)CCCC)c1ccc(/N=N/c2snc(CC)c2C#N)c(C)c1. The van der Waals surface area contributed by atoms with Gasteiger partial charge >= 0.3 is 0 Å². The van der Waals surface area contributed by atoms with Crippen LogP contribution >= 0.6 is 11.5 Å². The van der Waals surface area contributed by atoms with Crippen LogP contribution in [0.2, 0.25) is 0 Å². The van der Waals surface area contributed by atoms with Crippen molar-refractivity contribution >= 4 is 27.9 Å². The summed E-state index contributed by atoms with van der Waals surface area (Å²) >= 11 is 1.25. The van der Waals surface area contributed by atoms with E-state index in [1.54, 1.807) is 0 Å². The first-order valence-electron chi connectivity index (χ1n) is 13.7. The fourth-order valence-electron chi connectivity index (χ4n) is 4.53. The molecule has 0 N–H and O–H groups in total. The van der Waals surface area contributed by atoms with Crippen LogP contribution < -0.4 is 4.90 Å². The zero-order chi connectivity index (χ0) is 25.6. The number of aromatic nitrogens is 1. The van der Waals surface area contributed by atoms with E-state index in [1.807, 2.05) is 6.92 Å². The van der Waals surface area contributed by atoms with Crippen molar-refractivity contribution in [3.8, 4) is 6.07 Å². The molecule has 0 radical (unpaired) electrons. The van der Waals surface area contributed by atoms with Crippen molar-refractivity contribution in [2.45, 2.75) is 99.3 Å². The minimum atomic E-state index is 0.553. The van der Waals surface area contributed by atoms with E-state index in [4.69, 9.17) is 0 Å². The number of anilines is 1. The van der Waals surface area contributed by atoms with Gasteiger partial charge in [-0.3, -0.25) is 0 Å². The third kappa shape index (κ3) is 8.72. The van der Waals surface area contributed by atoms with Crippen molar-refractivity contribution in [1.29, 1.82) is 5.26 Å². The molecular formula is C29H45N5S. The molecule has 5 nitrogen and oxygen atoms in total. The zero-order valence-electron chi connectivity index (χ0n) is 22.8. The molecule has 0 aliphatic rings. The molecule has 0 amide bonds. The number of hydrogen-bond donors (Lipinski definition) is 0. The monoisotopic (exact) mass is 495 g/mol. The maximum atomic E-state index is 9.47. The number of azo groups is 1. The number of benzene rings is 1. The van der Waals surface area contributed by atoms with Crippen molar-refractivity contribution in [2.75, 3.05) is 18.0 Å². The van der Waals surface area contributed by atoms with Crippen molar-refractivity contribution in [3.05, 3.63) is 35.0 Å². The number of aryl methyl sites for hydroxylation is 2. The quantitative estimate of drug-likeness (QED) is 0.218. The molecular weight excluding hydrogens is 450 g/mol. The maximum Gasteiger partial charge on any atom is 0.176 e. The normalized spacial score (nSPS) is 13.2. The molecule has 2 rings (SSSR count). The predicted molar refractivity (Wildman–Crippen MR) is 150 cm³/mol. The molecule has 2 unspecified atom stereocenters. The topological polar surface area (TPSA) is 64.6 Å². The maximum absolute atomic E-state index is 9.47. The minimum absolute atomic E-state index is 0.553. The third-order valence-electron chi connectivity index (χ3n) is 7.03. The van der Waals surface area contributed by atoms with Gasteiger partial charge in [0.05, 0.1) is 11.4 Å². The van der Waals surface area contributed by atoms with Gasteiger partial charge in [-0.2, -0.15) is 9.64 Å². The molecule has 0 fully saturated rings. The number of nitriles is 1. The summed E-state index contributed by atoms with van der Waals surface area (Å²) in [5.74, 6) is 1.45. The lowest BCUT2D eigenvalue weighted by atomic mass is 9.95. The standard InChI is InChI=1S/C29H45N5S/c1-7-12-14-23(9-3)20-34(21-24(10-4)15-13-8-2)25-16-17-28(22(6)18-25)31-32-29-26(19-30)27(11-5)33-35-29/h16-18,23-24H,7-15,20-21H2,1-6H3/b32-31+. The summed E-state index contributed by atoms with van der Waals surface area (Å²) in [5.41, 5.74) is 4.60. The van der Waals surface area contributed by atoms with E-state index in [-0.39, 0.29) is 0 Å². The van der Waals surface area contributed by atoms with E-state index in [9.17, 15) is 5.26 Å². The number of unbranched alkanes of at least 4 members (excludes halogenated alkanes) is 2. The Hall–Kier alpha value is -2.26. The average molecular weight is 496 g/mol. The fourth-order valence-corrected chi connectivity index (χ4v) is 5.28. The molecule has 0 aliphatic heterocycles. The average Bonchev–Trinajstić information content (AvgIpc) is 3.29. The molecule has 0 spiro atoms. The molecule has 35 heavy (non-hydrogen) atoms. The van der Waals surface area contributed by atoms with Crippen LogP contribution in [0.5, 0.6) is 0 Å². The Labute approximate surface area is 217 Å². The summed E-state index contributed by atoms with van der Waals surface area (Å²) in [5, 5.41) is 18.9.